The molecule has 2 aliphatic rings. The number of aromatic nitrogens is 2. The van der Waals surface area contributed by atoms with E-state index >= 15 is 0 Å². The fourth-order valence-electron chi connectivity index (χ4n) is 3.02. The van der Waals surface area contributed by atoms with E-state index in [2.05, 4.69) is 10.4 Å². The second kappa shape index (κ2) is 7.75. The van der Waals surface area contributed by atoms with Crippen molar-refractivity contribution in [1.29, 1.82) is 0 Å². The van der Waals surface area contributed by atoms with Gasteiger partial charge in [-0.25, -0.2) is 9.07 Å². The molecule has 0 atom stereocenters. The molecule has 1 fully saturated rings. The Morgan fingerprint density at radius 3 is 2.71 bits per heavy atom. The van der Waals surface area contributed by atoms with Crippen molar-refractivity contribution in [3.05, 3.63) is 52.2 Å². The molecular formula is C19H19FN4O3S. The summed E-state index contributed by atoms with van der Waals surface area (Å²) in [6.45, 7) is 0.521. The first-order chi connectivity index (χ1) is 13.5. The lowest BCUT2D eigenvalue weighted by molar-refractivity contribution is -0.122. The predicted octanol–water partition coefficient (Wildman–Crippen LogP) is 1.55. The van der Waals surface area contributed by atoms with Gasteiger partial charge in [-0.3, -0.25) is 14.4 Å². The first kappa shape index (κ1) is 18.7. The van der Waals surface area contributed by atoms with Crippen LogP contribution in [0.5, 0.6) is 0 Å². The second-order valence-electron chi connectivity index (χ2n) is 6.96. The number of fused-ring (bicyclic) bond motifs is 1. The topological polar surface area (TPSA) is 84.3 Å². The molecule has 1 saturated carbocycles. The zero-order valence-electron chi connectivity index (χ0n) is 15.1. The maximum Gasteiger partial charge on any atom is 0.292 e. The van der Waals surface area contributed by atoms with E-state index in [1.165, 1.54) is 23.9 Å². The molecule has 4 rings (SSSR count). The molecule has 0 unspecified atom stereocenters. The van der Waals surface area contributed by atoms with E-state index in [1.807, 2.05) is 0 Å². The van der Waals surface area contributed by atoms with Crippen molar-refractivity contribution in [1.82, 2.24) is 15.1 Å². The van der Waals surface area contributed by atoms with E-state index in [0.717, 1.165) is 23.1 Å². The van der Waals surface area contributed by atoms with E-state index < -0.39 is 5.56 Å². The zero-order chi connectivity index (χ0) is 19.7. The van der Waals surface area contributed by atoms with Crippen LogP contribution in [0.2, 0.25) is 0 Å². The van der Waals surface area contributed by atoms with Crippen molar-refractivity contribution in [2.75, 3.05) is 17.2 Å². The summed E-state index contributed by atoms with van der Waals surface area (Å²) in [6.07, 6.45) is 3.68. The number of anilines is 1. The van der Waals surface area contributed by atoms with Crippen LogP contribution in [0.1, 0.15) is 18.4 Å². The summed E-state index contributed by atoms with van der Waals surface area (Å²) in [4.78, 5) is 39.7. The number of carbonyl (C=O) groups excluding carboxylic acids is 2. The van der Waals surface area contributed by atoms with Crippen molar-refractivity contribution in [3.63, 3.8) is 0 Å². The largest absolute Gasteiger partial charge is 0.350 e. The Balaban J connectivity index is 1.48. The van der Waals surface area contributed by atoms with Crippen LogP contribution in [0.3, 0.4) is 0 Å². The van der Waals surface area contributed by atoms with Gasteiger partial charge in [-0.1, -0.05) is 12.1 Å². The predicted molar refractivity (Wildman–Crippen MR) is 103 cm³/mol. The molecule has 146 valence electrons. The lowest BCUT2D eigenvalue weighted by Gasteiger charge is -2.28. The van der Waals surface area contributed by atoms with Crippen molar-refractivity contribution in [3.8, 4) is 0 Å². The number of thioether (sulfide) groups is 1. The summed E-state index contributed by atoms with van der Waals surface area (Å²) in [5.74, 6) is -0.0753. The Bertz CT molecular complexity index is 972. The van der Waals surface area contributed by atoms with Crippen LogP contribution < -0.4 is 15.8 Å². The van der Waals surface area contributed by atoms with Crippen molar-refractivity contribution in [2.45, 2.75) is 30.8 Å². The molecular weight excluding hydrogens is 383 g/mol. The van der Waals surface area contributed by atoms with Crippen LogP contribution in [0.4, 0.5) is 10.1 Å². The molecule has 1 aromatic carbocycles. The van der Waals surface area contributed by atoms with Gasteiger partial charge in [-0.05, 0) is 36.5 Å². The molecule has 1 aromatic heterocycles. The molecule has 0 saturated heterocycles. The van der Waals surface area contributed by atoms with Gasteiger partial charge in [0.15, 0.2) is 0 Å². The minimum absolute atomic E-state index is 0.0833. The van der Waals surface area contributed by atoms with Gasteiger partial charge in [0, 0.05) is 13.1 Å². The standard InChI is InChI=1S/C19H19FN4O3S/c20-14-5-3-12(4-6-14)7-21-16(25)10-24-19(27)18-15(8-22-24)28-11-17(26)23(18)9-13-1-2-13/h3-6,8,13H,1-2,7,9-11H2,(H,21,25). The number of carbonyl (C=O) groups is 2. The number of nitrogens with zero attached hydrogens (tertiary/aromatic N) is 3. The maximum absolute atomic E-state index is 12.9. The molecule has 1 aliphatic heterocycles. The molecule has 0 radical (unpaired) electrons. The van der Waals surface area contributed by atoms with Gasteiger partial charge in [0.05, 0.1) is 16.8 Å². The van der Waals surface area contributed by atoms with E-state index in [0.29, 0.717) is 28.8 Å². The highest BCUT2D eigenvalue weighted by Gasteiger charge is 2.33. The lowest BCUT2D eigenvalue weighted by Crippen LogP contribution is -2.43. The average molecular weight is 402 g/mol. The summed E-state index contributed by atoms with van der Waals surface area (Å²) < 4.78 is 14.0. The summed E-state index contributed by atoms with van der Waals surface area (Å²) >= 11 is 1.30. The number of nitrogens with one attached hydrogen (secondary N) is 1. The van der Waals surface area contributed by atoms with E-state index in [9.17, 15) is 18.8 Å². The number of hydrogen-bond acceptors (Lipinski definition) is 5. The molecule has 7 nitrogen and oxygen atoms in total. The highest BCUT2D eigenvalue weighted by Crippen LogP contribution is 2.36. The number of hydrogen-bond donors (Lipinski definition) is 1. The molecule has 2 heterocycles. The van der Waals surface area contributed by atoms with Crippen LogP contribution in [0.15, 0.2) is 40.2 Å². The molecule has 9 heteroatoms. The third kappa shape index (κ3) is 4.09. The van der Waals surface area contributed by atoms with Crippen molar-refractivity contribution in [2.24, 2.45) is 5.92 Å². The van der Waals surface area contributed by atoms with Crippen LogP contribution in [-0.2, 0) is 22.7 Å². The Kier molecular flexibility index (Phi) is 5.17. The summed E-state index contributed by atoms with van der Waals surface area (Å²) in [7, 11) is 0. The smallest absolute Gasteiger partial charge is 0.292 e. The van der Waals surface area contributed by atoms with Crippen LogP contribution in [-0.4, -0.2) is 33.9 Å². The van der Waals surface area contributed by atoms with Crippen LogP contribution >= 0.6 is 11.8 Å². The van der Waals surface area contributed by atoms with E-state index in [4.69, 9.17) is 0 Å². The average Bonchev–Trinajstić information content (AvgIpc) is 3.50. The second-order valence-corrected chi connectivity index (χ2v) is 7.98. The molecule has 1 aliphatic carbocycles. The first-order valence-corrected chi connectivity index (χ1v) is 10.0. The monoisotopic (exact) mass is 402 g/mol. The quantitative estimate of drug-likeness (QED) is 0.793. The summed E-state index contributed by atoms with van der Waals surface area (Å²) in [5, 5.41) is 6.78. The number of rotatable bonds is 6. The Labute approximate surface area is 164 Å². The molecule has 0 bridgehead atoms. The minimum Gasteiger partial charge on any atom is -0.350 e. The number of amides is 2. The SMILES string of the molecule is O=C(Cn1ncc2c(c1=O)N(CC1CC1)C(=O)CS2)NCc1ccc(F)cc1. The van der Waals surface area contributed by atoms with Crippen molar-refractivity contribution < 1.29 is 14.0 Å². The van der Waals surface area contributed by atoms with E-state index in [-0.39, 0.29) is 30.7 Å². The fraction of sp³-hybridized carbons (Fsp3) is 0.368. The van der Waals surface area contributed by atoms with Gasteiger partial charge < -0.3 is 10.2 Å². The Morgan fingerprint density at radius 1 is 1.25 bits per heavy atom. The number of halogens is 1. The van der Waals surface area contributed by atoms with Gasteiger partial charge in [-0.2, -0.15) is 5.10 Å². The van der Waals surface area contributed by atoms with Gasteiger partial charge in [0.25, 0.3) is 5.56 Å². The Hall–Kier alpha value is -2.68. The molecule has 28 heavy (non-hydrogen) atoms. The van der Waals surface area contributed by atoms with Crippen molar-refractivity contribution >= 4 is 29.3 Å². The van der Waals surface area contributed by atoms with Gasteiger partial charge in [-0.15, -0.1) is 11.8 Å². The highest BCUT2D eigenvalue weighted by atomic mass is 32.2. The first-order valence-electron chi connectivity index (χ1n) is 9.05. The van der Waals surface area contributed by atoms with Gasteiger partial charge in [0.1, 0.15) is 18.0 Å². The highest BCUT2D eigenvalue weighted by molar-refractivity contribution is 8.00. The molecule has 2 amide bonds. The molecule has 0 spiro atoms. The summed E-state index contributed by atoms with van der Waals surface area (Å²) in [5.41, 5.74) is 0.642. The van der Waals surface area contributed by atoms with Gasteiger partial charge >= 0.3 is 0 Å². The Morgan fingerprint density at radius 2 is 2.00 bits per heavy atom. The van der Waals surface area contributed by atoms with E-state index in [1.54, 1.807) is 23.2 Å². The normalized spacial score (nSPS) is 16.0. The molecule has 2 aromatic rings. The van der Waals surface area contributed by atoms with Gasteiger partial charge in [0.2, 0.25) is 11.8 Å². The zero-order valence-corrected chi connectivity index (χ0v) is 15.9. The minimum atomic E-state index is -0.435. The lowest BCUT2D eigenvalue weighted by atomic mass is 10.2. The summed E-state index contributed by atoms with van der Waals surface area (Å²) in [6, 6.07) is 5.80. The van der Waals surface area contributed by atoms with Crippen LogP contribution in [0, 0.1) is 11.7 Å². The number of benzene rings is 1. The van der Waals surface area contributed by atoms with Crippen LogP contribution in [0.25, 0.3) is 0 Å². The molecule has 1 N–H and O–H groups in total. The fourth-order valence-corrected chi connectivity index (χ4v) is 3.91. The third-order valence-electron chi connectivity index (χ3n) is 4.74. The third-order valence-corrected chi connectivity index (χ3v) is 5.74. The maximum atomic E-state index is 12.9.